The van der Waals surface area contributed by atoms with E-state index in [4.69, 9.17) is 16.3 Å². The predicted molar refractivity (Wildman–Crippen MR) is 76.1 cm³/mol. The summed E-state index contributed by atoms with van der Waals surface area (Å²) in [4.78, 5) is 18.2. The van der Waals surface area contributed by atoms with E-state index >= 15 is 0 Å². The van der Waals surface area contributed by atoms with Crippen molar-refractivity contribution in [2.24, 2.45) is 0 Å². The van der Waals surface area contributed by atoms with Crippen LogP contribution in [0.1, 0.15) is 17.3 Å². The minimum Gasteiger partial charge on any atom is -0.394 e. The molecule has 2 N–H and O–H groups in total. The Bertz CT molecular complexity index is 484. The summed E-state index contributed by atoms with van der Waals surface area (Å²) < 4.78 is 5.26. The first-order valence-electron chi connectivity index (χ1n) is 6.56. The molecule has 6 nitrogen and oxygen atoms in total. The number of aliphatic hydroxyl groups excluding tert-OH is 1. The van der Waals surface area contributed by atoms with Crippen LogP contribution in [-0.4, -0.2) is 59.8 Å². The van der Waals surface area contributed by atoms with E-state index in [1.54, 1.807) is 11.0 Å². The normalized spacial score (nSPS) is 18.9. The second kappa shape index (κ2) is 6.88. The summed E-state index contributed by atoms with van der Waals surface area (Å²) in [6.45, 7) is 3.80. The molecule has 2 rings (SSSR count). The van der Waals surface area contributed by atoms with Gasteiger partial charge in [-0.1, -0.05) is 11.6 Å². The number of carbonyl (C=O) groups excluding carboxylic acids is 1. The summed E-state index contributed by atoms with van der Waals surface area (Å²) in [7, 11) is 0. The predicted octanol–water partition coefficient (Wildman–Crippen LogP) is 1.00. The van der Waals surface area contributed by atoms with Crippen LogP contribution in [0.15, 0.2) is 12.3 Å². The number of anilines is 1. The summed E-state index contributed by atoms with van der Waals surface area (Å²) in [6, 6.07) is 1.28. The summed E-state index contributed by atoms with van der Waals surface area (Å²) in [6.07, 6.45) is 1.50. The van der Waals surface area contributed by atoms with E-state index in [9.17, 15) is 9.90 Å². The van der Waals surface area contributed by atoms with Gasteiger partial charge in [0.2, 0.25) is 0 Å². The van der Waals surface area contributed by atoms with Crippen LogP contribution < -0.4 is 5.32 Å². The van der Waals surface area contributed by atoms with E-state index in [0.29, 0.717) is 42.7 Å². The number of halogens is 1. The second-order valence-electron chi connectivity index (χ2n) is 4.49. The molecule has 110 valence electrons. The Hall–Kier alpha value is -1.37. The molecule has 1 unspecified atom stereocenters. The molecule has 1 saturated heterocycles. The highest BCUT2D eigenvalue weighted by atomic mass is 35.5. The van der Waals surface area contributed by atoms with E-state index in [1.165, 1.54) is 6.20 Å². The van der Waals surface area contributed by atoms with Crippen molar-refractivity contribution in [1.29, 1.82) is 0 Å². The van der Waals surface area contributed by atoms with Crippen molar-refractivity contribution in [3.63, 3.8) is 0 Å². The van der Waals surface area contributed by atoms with Gasteiger partial charge in [0, 0.05) is 19.3 Å². The molecule has 1 atom stereocenters. The van der Waals surface area contributed by atoms with Gasteiger partial charge in [-0.2, -0.15) is 0 Å². The van der Waals surface area contributed by atoms with Gasteiger partial charge in [0.25, 0.3) is 5.91 Å². The smallest absolute Gasteiger partial charge is 0.255 e. The van der Waals surface area contributed by atoms with Gasteiger partial charge >= 0.3 is 0 Å². The molecule has 1 amide bonds. The SMILES string of the molecule is CCNc1ncc(C(=O)N2CCOCC2CO)cc1Cl. The molecule has 0 aliphatic carbocycles. The number of aromatic nitrogens is 1. The first kappa shape index (κ1) is 15.0. The monoisotopic (exact) mass is 299 g/mol. The van der Waals surface area contributed by atoms with Crippen LogP contribution in [-0.2, 0) is 4.74 Å². The van der Waals surface area contributed by atoms with Gasteiger partial charge in [0.15, 0.2) is 0 Å². The van der Waals surface area contributed by atoms with Gasteiger partial charge < -0.3 is 20.1 Å². The lowest BCUT2D eigenvalue weighted by Crippen LogP contribution is -2.50. The van der Waals surface area contributed by atoms with Crippen LogP contribution in [0, 0.1) is 0 Å². The van der Waals surface area contributed by atoms with Gasteiger partial charge in [-0.25, -0.2) is 4.98 Å². The minimum atomic E-state index is -0.316. The fraction of sp³-hybridized carbons (Fsp3) is 0.538. The molecule has 0 aromatic carbocycles. The summed E-state index contributed by atoms with van der Waals surface area (Å²) in [5.74, 6) is 0.371. The molecule has 1 aromatic heterocycles. The largest absolute Gasteiger partial charge is 0.394 e. The van der Waals surface area contributed by atoms with Crippen molar-refractivity contribution < 1.29 is 14.6 Å². The number of hydrogen-bond acceptors (Lipinski definition) is 5. The molecule has 1 fully saturated rings. The molecular formula is C13H18ClN3O3. The molecule has 0 bridgehead atoms. The number of nitrogens with zero attached hydrogens (tertiary/aromatic N) is 2. The number of hydrogen-bond donors (Lipinski definition) is 2. The molecule has 20 heavy (non-hydrogen) atoms. The molecule has 7 heteroatoms. The topological polar surface area (TPSA) is 74.7 Å². The third kappa shape index (κ3) is 3.20. The average Bonchev–Trinajstić information content (AvgIpc) is 2.48. The van der Waals surface area contributed by atoms with Crippen LogP contribution in [0.4, 0.5) is 5.82 Å². The molecule has 2 heterocycles. The number of rotatable bonds is 4. The van der Waals surface area contributed by atoms with Crippen LogP contribution in [0.3, 0.4) is 0 Å². The lowest BCUT2D eigenvalue weighted by Gasteiger charge is -2.34. The van der Waals surface area contributed by atoms with E-state index < -0.39 is 0 Å². The molecule has 1 aliphatic rings. The Balaban J connectivity index is 2.17. The number of amides is 1. The summed E-state index contributed by atoms with van der Waals surface area (Å²) in [5, 5.41) is 12.7. The van der Waals surface area contributed by atoms with Gasteiger partial charge in [-0.3, -0.25) is 4.79 Å². The lowest BCUT2D eigenvalue weighted by atomic mass is 10.2. The molecule has 1 aromatic rings. The molecular weight excluding hydrogens is 282 g/mol. The summed E-state index contributed by atoms with van der Waals surface area (Å²) >= 11 is 6.09. The Kier molecular flexibility index (Phi) is 5.17. The zero-order valence-electron chi connectivity index (χ0n) is 11.3. The standard InChI is InChI=1S/C13H18ClN3O3/c1-2-15-12-11(14)5-9(6-16-12)13(19)17-3-4-20-8-10(17)7-18/h5-6,10,18H,2-4,7-8H2,1H3,(H,15,16). The Morgan fingerprint density at radius 3 is 3.15 bits per heavy atom. The van der Waals surface area contributed by atoms with Crippen molar-refractivity contribution in [3.05, 3.63) is 22.8 Å². The first-order chi connectivity index (χ1) is 9.67. The van der Waals surface area contributed by atoms with Crippen LogP contribution >= 0.6 is 11.6 Å². The van der Waals surface area contributed by atoms with Gasteiger partial charge in [0.05, 0.1) is 36.4 Å². The van der Waals surface area contributed by atoms with Gasteiger partial charge in [-0.05, 0) is 13.0 Å². The van der Waals surface area contributed by atoms with Crippen molar-refractivity contribution in [2.75, 3.05) is 38.2 Å². The average molecular weight is 300 g/mol. The van der Waals surface area contributed by atoms with E-state index in [-0.39, 0.29) is 18.6 Å². The Morgan fingerprint density at radius 1 is 1.70 bits per heavy atom. The van der Waals surface area contributed by atoms with E-state index in [0.717, 1.165) is 0 Å². The Morgan fingerprint density at radius 2 is 2.50 bits per heavy atom. The second-order valence-corrected chi connectivity index (χ2v) is 4.90. The maximum absolute atomic E-state index is 12.4. The molecule has 0 spiro atoms. The highest BCUT2D eigenvalue weighted by molar-refractivity contribution is 6.33. The van der Waals surface area contributed by atoms with Crippen LogP contribution in [0.2, 0.25) is 5.02 Å². The van der Waals surface area contributed by atoms with Gasteiger partial charge in [0.1, 0.15) is 5.82 Å². The quantitative estimate of drug-likeness (QED) is 0.867. The maximum atomic E-state index is 12.4. The number of ether oxygens (including phenoxy) is 1. The fourth-order valence-electron chi connectivity index (χ4n) is 2.09. The maximum Gasteiger partial charge on any atom is 0.255 e. The van der Waals surface area contributed by atoms with Crippen LogP contribution in [0.25, 0.3) is 0 Å². The third-order valence-electron chi connectivity index (χ3n) is 3.13. The van der Waals surface area contributed by atoms with Crippen molar-refractivity contribution in [3.8, 4) is 0 Å². The van der Waals surface area contributed by atoms with Crippen molar-refractivity contribution >= 4 is 23.3 Å². The number of morpholine rings is 1. The minimum absolute atomic E-state index is 0.123. The lowest BCUT2D eigenvalue weighted by molar-refractivity contribution is -0.0184. The Labute approximate surface area is 122 Å². The molecule has 0 radical (unpaired) electrons. The number of aliphatic hydroxyl groups is 1. The number of carbonyl (C=O) groups is 1. The number of pyridine rings is 1. The zero-order valence-corrected chi connectivity index (χ0v) is 12.1. The first-order valence-corrected chi connectivity index (χ1v) is 6.94. The van der Waals surface area contributed by atoms with E-state index in [2.05, 4.69) is 10.3 Å². The summed E-state index contributed by atoms with van der Waals surface area (Å²) in [5.41, 5.74) is 0.414. The third-order valence-corrected chi connectivity index (χ3v) is 3.42. The highest BCUT2D eigenvalue weighted by Gasteiger charge is 2.28. The molecule has 0 saturated carbocycles. The van der Waals surface area contributed by atoms with Crippen molar-refractivity contribution in [1.82, 2.24) is 9.88 Å². The van der Waals surface area contributed by atoms with E-state index in [1.807, 2.05) is 6.92 Å². The van der Waals surface area contributed by atoms with Crippen LogP contribution in [0.5, 0.6) is 0 Å². The van der Waals surface area contributed by atoms with Gasteiger partial charge in [-0.15, -0.1) is 0 Å². The zero-order chi connectivity index (χ0) is 14.5. The number of nitrogens with one attached hydrogen (secondary N) is 1. The molecule has 1 aliphatic heterocycles. The highest BCUT2D eigenvalue weighted by Crippen LogP contribution is 2.21. The van der Waals surface area contributed by atoms with Crippen molar-refractivity contribution in [2.45, 2.75) is 13.0 Å². The fourth-order valence-corrected chi connectivity index (χ4v) is 2.32.